The van der Waals surface area contributed by atoms with Crippen molar-refractivity contribution in [1.29, 1.82) is 0 Å². The van der Waals surface area contributed by atoms with E-state index in [4.69, 9.17) is 5.73 Å². The largest absolute Gasteiger partial charge is 0.399 e. The first kappa shape index (κ1) is 16.9. The van der Waals surface area contributed by atoms with Gasteiger partial charge in [0.25, 0.3) is 0 Å². The maximum Gasteiger partial charge on any atom is 0.242 e. The van der Waals surface area contributed by atoms with Gasteiger partial charge in [0.2, 0.25) is 10.0 Å². The number of anilines is 2. The van der Waals surface area contributed by atoms with E-state index in [-0.39, 0.29) is 10.1 Å². The van der Waals surface area contributed by atoms with Crippen LogP contribution in [0.15, 0.2) is 23.1 Å². The molecule has 1 rings (SSSR count). The van der Waals surface area contributed by atoms with Gasteiger partial charge in [0.05, 0.1) is 5.69 Å². The maximum atomic E-state index is 11.9. The van der Waals surface area contributed by atoms with Crippen molar-refractivity contribution in [2.24, 2.45) is 0 Å². The van der Waals surface area contributed by atoms with Gasteiger partial charge in [-0.25, -0.2) is 13.1 Å². The first-order chi connectivity index (χ1) is 9.27. The highest BCUT2D eigenvalue weighted by molar-refractivity contribution is 7.89. The number of benzene rings is 1. The van der Waals surface area contributed by atoms with Crippen LogP contribution in [0.25, 0.3) is 0 Å². The predicted octanol–water partition coefficient (Wildman–Crippen LogP) is 0.746. The molecule has 0 heterocycles. The van der Waals surface area contributed by atoms with E-state index in [0.717, 1.165) is 0 Å². The molecule has 1 aromatic rings. The highest BCUT2D eigenvalue weighted by Crippen LogP contribution is 2.23. The monoisotopic (exact) mass is 319 g/mol. The van der Waals surface area contributed by atoms with Crippen LogP contribution in [-0.2, 0) is 20.8 Å². The zero-order chi connectivity index (χ0) is 15.3. The van der Waals surface area contributed by atoms with Crippen LogP contribution in [0.1, 0.15) is 13.3 Å². The van der Waals surface area contributed by atoms with E-state index in [2.05, 4.69) is 10.0 Å². The third-order valence-electron chi connectivity index (χ3n) is 3.00. The summed E-state index contributed by atoms with van der Waals surface area (Å²) in [6, 6.07) is 4.68. The van der Waals surface area contributed by atoms with Gasteiger partial charge in [-0.1, -0.05) is 6.92 Å². The number of sulfonamides is 1. The molecule has 20 heavy (non-hydrogen) atoms. The summed E-state index contributed by atoms with van der Waals surface area (Å²) in [6.07, 6.45) is 2.34. The second kappa shape index (κ2) is 7.05. The van der Waals surface area contributed by atoms with Crippen LogP contribution in [0.4, 0.5) is 11.4 Å². The minimum absolute atomic E-state index is 0.0561. The molecule has 4 N–H and O–H groups in total. The molecule has 0 aliphatic heterocycles. The zero-order valence-electron chi connectivity index (χ0n) is 11.8. The average molecular weight is 319 g/mol. The Morgan fingerprint density at radius 1 is 1.40 bits per heavy atom. The highest BCUT2D eigenvalue weighted by atomic mass is 32.2. The molecule has 0 aliphatic rings. The SMILES string of the molecule is CNS(=O)(=O)c1cc(N)ccc1NCCC(C)S(C)=O. The molecule has 0 saturated heterocycles. The molecule has 0 amide bonds. The fourth-order valence-electron chi connectivity index (χ4n) is 1.59. The Hall–Kier alpha value is -1.12. The molecule has 0 aliphatic carbocycles. The summed E-state index contributed by atoms with van der Waals surface area (Å²) < 4.78 is 37.4. The Bertz CT molecular complexity index is 588. The molecule has 6 nitrogen and oxygen atoms in total. The molecular weight excluding hydrogens is 298 g/mol. The smallest absolute Gasteiger partial charge is 0.242 e. The molecule has 0 fully saturated rings. The van der Waals surface area contributed by atoms with E-state index >= 15 is 0 Å². The molecule has 0 radical (unpaired) electrons. The number of nitrogens with two attached hydrogens (primary N) is 1. The van der Waals surface area contributed by atoms with Gasteiger partial charge >= 0.3 is 0 Å². The van der Waals surface area contributed by atoms with Crippen molar-refractivity contribution in [3.63, 3.8) is 0 Å². The van der Waals surface area contributed by atoms with Gasteiger partial charge < -0.3 is 11.1 Å². The summed E-state index contributed by atoms with van der Waals surface area (Å²) in [7, 11) is -3.11. The molecule has 0 bridgehead atoms. The molecular formula is C12H21N3O3S2. The quantitative estimate of drug-likeness (QED) is 0.644. The van der Waals surface area contributed by atoms with Crippen molar-refractivity contribution in [3.8, 4) is 0 Å². The van der Waals surface area contributed by atoms with Crippen molar-refractivity contribution in [2.45, 2.75) is 23.5 Å². The molecule has 1 aromatic carbocycles. The Morgan fingerprint density at radius 2 is 2.05 bits per heavy atom. The summed E-state index contributed by atoms with van der Waals surface area (Å²) in [5, 5.41) is 3.11. The lowest BCUT2D eigenvalue weighted by molar-refractivity contribution is 0.588. The van der Waals surface area contributed by atoms with Gasteiger partial charge in [-0.2, -0.15) is 0 Å². The summed E-state index contributed by atoms with van der Waals surface area (Å²) in [6.45, 7) is 2.43. The van der Waals surface area contributed by atoms with Crippen LogP contribution in [0.2, 0.25) is 0 Å². The molecule has 8 heteroatoms. The second-order valence-corrected chi connectivity index (χ2v) is 8.14. The first-order valence-corrected chi connectivity index (χ1v) is 9.27. The van der Waals surface area contributed by atoms with Crippen LogP contribution < -0.4 is 15.8 Å². The van der Waals surface area contributed by atoms with Crippen LogP contribution in [0, 0.1) is 0 Å². The van der Waals surface area contributed by atoms with Gasteiger partial charge in [0, 0.05) is 34.5 Å². The Morgan fingerprint density at radius 3 is 2.60 bits per heavy atom. The third kappa shape index (κ3) is 4.46. The van der Waals surface area contributed by atoms with Crippen molar-refractivity contribution < 1.29 is 12.6 Å². The third-order valence-corrected chi connectivity index (χ3v) is 5.82. The molecule has 2 unspecified atom stereocenters. The van der Waals surface area contributed by atoms with Crippen LogP contribution in [-0.4, -0.2) is 37.7 Å². The summed E-state index contributed by atoms with van der Waals surface area (Å²) >= 11 is 0. The van der Waals surface area contributed by atoms with Gasteiger partial charge in [-0.3, -0.25) is 4.21 Å². The van der Waals surface area contributed by atoms with Gasteiger partial charge in [0.15, 0.2) is 0 Å². The number of hydrogen-bond donors (Lipinski definition) is 3. The van der Waals surface area contributed by atoms with E-state index in [1.807, 2.05) is 6.92 Å². The van der Waals surface area contributed by atoms with E-state index in [0.29, 0.717) is 24.3 Å². The molecule has 0 spiro atoms. The number of nitrogen functional groups attached to an aromatic ring is 1. The molecule has 0 aromatic heterocycles. The van der Waals surface area contributed by atoms with Crippen molar-refractivity contribution >= 4 is 32.2 Å². The summed E-state index contributed by atoms with van der Waals surface area (Å²) in [4.78, 5) is 0.116. The number of hydrogen-bond acceptors (Lipinski definition) is 5. The van der Waals surface area contributed by atoms with E-state index in [9.17, 15) is 12.6 Å². The zero-order valence-corrected chi connectivity index (χ0v) is 13.5. The van der Waals surface area contributed by atoms with Crippen LogP contribution >= 0.6 is 0 Å². The van der Waals surface area contributed by atoms with Crippen molar-refractivity contribution in [2.75, 3.05) is 30.9 Å². The molecule has 0 saturated carbocycles. The summed E-state index contributed by atoms with van der Waals surface area (Å²) in [5.41, 5.74) is 6.51. The Labute approximate surface area is 122 Å². The van der Waals surface area contributed by atoms with Crippen molar-refractivity contribution in [3.05, 3.63) is 18.2 Å². The normalized spacial score (nSPS) is 14.8. The van der Waals surface area contributed by atoms with Gasteiger partial charge in [-0.05, 0) is 31.7 Å². The minimum Gasteiger partial charge on any atom is -0.399 e. The number of rotatable bonds is 7. The topological polar surface area (TPSA) is 101 Å². The predicted molar refractivity (Wildman–Crippen MR) is 83.7 cm³/mol. The van der Waals surface area contributed by atoms with Crippen LogP contribution in [0.5, 0.6) is 0 Å². The van der Waals surface area contributed by atoms with Gasteiger partial charge in [-0.15, -0.1) is 0 Å². The van der Waals surface area contributed by atoms with Crippen LogP contribution in [0.3, 0.4) is 0 Å². The lowest BCUT2D eigenvalue weighted by atomic mass is 10.2. The standard InChI is InChI=1S/C12H21N3O3S2/c1-9(19(3)16)6-7-15-11-5-4-10(13)8-12(11)20(17,18)14-2/h4-5,8-9,14-15H,6-7,13H2,1-3H3. The minimum atomic E-state index is -3.57. The fraction of sp³-hybridized carbons (Fsp3) is 0.500. The van der Waals surface area contributed by atoms with Crippen molar-refractivity contribution in [1.82, 2.24) is 4.72 Å². The molecule has 114 valence electrons. The highest BCUT2D eigenvalue weighted by Gasteiger charge is 2.17. The Kier molecular flexibility index (Phi) is 5.97. The first-order valence-electron chi connectivity index (χ1n) is 6.17. The fourth-order valence-corrected chi connectivity index (χ4v) is 2.98. The van der Waals surface area contributed by atoms with Gasteiger partial charge in [0.1, 0.15) is 4.90 Å². The van der Waals surface area contributed by atoms with E-state index < -0.39 is 20.8 Å². The number of nitrogens with one attached hydrogen (secondary N) is 2. The lowest BCUT2D eigenvalue weighted by Gasteiger charge is -2.14. The lowest BCUT2D eigenvalue weighted by Crippen LogP contribution is -2.21. The van der Waals surface area contributed by atoms with E-state index in [1.165, 1.54) is 13.1 Å². The average Bonchev–Trinajstić information content (AvgIpc) is 2.39. The van der Waals surface area contributed by atoms with E-state index in [1.54, 1.807) is 18.4 Å². The molecule has 2 atom stereocenters. The second-order valence-electron chi connectivity index (χ2n) is 4.49. The maximum absolute atomic E-state index is 11.9. The summed E-state index contributed by atoms with van der Waals surface area (Å²) in [5.74, 6) is 0. The Balaban J connectivity index is 2.88.